The number of rotatable bonds is 4. The number of benzene rings is 1. The maximum absolute atomic E-state index is 13.4. The van der Waals surface area contributed by atoms with Gasteiger partial charge in [-0.2, -0.15) is 4.72 Å². The van der Waals surface area contributed by atoms with Crippen molar-refractivity contribution in [3.8, 4) is 0 Å². The molecule has 1 fully saturated rings. The Bertz CT molecular complexity index is 898. The van der Waals surface area contributed by atoms with Gasteiger partial charge in [-0.05, 0) is 49.2 Å². The molecule has 1 aromatic heterocycles. The lowest BCUT2D eigenvalue weighted by Gasteiger charge is -2.18. The highest BCUT2D eigenvalue weighted by Crippen LogP contribution is 2.28. The highest BCUT2D eigenvalue weighted by Gasteiger charge is 2.36. The number of amides is 1. The van der Waals surface area contributed by atoms with Crippen LogP contribution >= 0.6 is 22.9 Å². The van der Waals surface area contributed by atoms with Gasteiger partial charge in [-0.3, -0.25) is 4.79 Å². The molecule has 1 atom stereocenters. The zero-order valence-corrected chi connectivity index (χ0v) is 15.0. The Morgan fingerprint density at radius 1 is 1.33 bits per heavy atom. The lowest BCUT2D eigenvalue weighted by atomic mass is 10.2. The van der Waals surface area contributed by atoms with E-state index in [-0.39, 0.29) is 15.9 Å². The van der Waals surface area contributed by atoms with Gasteiger partial charge in [0, 0.05) is 12.2 Å². The van der Waals surface area contributed by atoms with E-state index >= 15 is 0 Å². The molecule has 0 bridgehead atoms. The molecule has 3 rings (SSSR count). The second-order valence-electron chi connectivity index (χ2n) is 5.44. The SMILES string of the molecule is Cc1cc(N2CC[C@H](NS(=O)(=O)c3ccc(Cl)s3)C2=O)ccc1F. The van der Waals surface area contributed by atoms with Crippen LogP contribution in [0.5, 0.6) is 0 Å². The first-order chi connectivity index (χ1) is 11.3. The van der Waals surface area contributed by atoms with E-state index in [0.717, 1.165) is 11.3 Å². The van der Waals surface area contributed by atoms with E-state index in [4.69, 9.17) is 11.6 Å². The highest BCUT2D eigenvalue weighted by molar-refractivity contribution is 7.91. The molecule has 1 aliphatic heterocycles. The number of nitrogens with zero attached hydrogens (tertiary/aromatic N) is 1. The quantitative estimate of drug-likeness (QED) is 0.875. The number of carbonyl (C=O) groups excluding carboxylic acids is 1. The molecule has 0 spiro atoms. The van der Waals surface area contributed by atoms with E-state index in [0.29, 0.717) is 28.6 Å². The van der Waals surface area contributed by atoms with Crippen molar-refractivity contribution in [1.29, 1.82) is 0 Å². The third-order valence-electron chi connectivity index (χ3n) is 3.77. The van der Waals surface area contributed by atoms with E-state index in [2.05, 4.69) is 4.72 Å². The second-order valence-corrected chi connectivity index (χ2v) is 9.10. The van der Waals surface area contributed by atoms with Crippen LogP contribution in [0.15, 0.2) is 34.5 Å². The van der Waals surface area contributed by atoms with Gasteiger partial charge in [-0.1, -0.05) is 11.6 Å². The molecule has 0 unspecified atom stereocenters. The Kier molecular flexibility index (Phi) is 4.65. The Morgan fingerprint density at radius 3 is 2.71 bits per heavy atom. The summed E-state index contributed by atoms with van der Waals surface area (Å²) in [5, 5.41) is 0. The molecule has 9 heteroatoms. The third-order valence-corrected chi connectivity index (χ3v) is 6.96. The van der Waals surface area contributed by atoms with Gasteiger partial charge in [0.1, 0.15) is 16.1 Å². The van der Waals surface area contributed by atoms with Crippen molar-refractivity contribution in [3.63, 3.8) is 0 Å². The summed E-state index contributed by atoms with van der Waals surface area (Å²) in [6.07, 6.45) is 0.341. The Morgan fingerprint density at radius 2 is 2.08 bits per heavy atom. The summed E-state index contributed by atoms with van der Waals surface area (Å²) in [6.45, 7) is 1.97. The molecule has 1 N–H and O–H groups in total. The third kappa shape index (κ3) is 3.32. The van der Waals surface area contributed by atoms with Crippen LogP contribution in [0.4, 0.5) is 10.1 Å². The minimum atomic E-state index is -3.80. The molecule has 0 saturated carbocycles. The molecule has 1 aromatic carbocycles. The molecule has 1 saturated heterocycles. The number of anilines is 1. The smallest absolute Gasteiger partial charge is 0.250 e. The summed E-state index contributed by atoms with van der Waals surface area (Å²) in [4.78, 5) is 14.0. The standard InChI is InChI=1S/C15H14ClFN2O3S2/c1-9-8-10(2-3-11(9)17)19-7-6-12(15(19)20)18-24(21,22)14-5-4-13(16)23-14/h2-5,8,12,18H,6-7H2,1H3/t12-/m0/s1. The number of halogens is 2. The van der Waals surface area contributed by atoms with E-state index < -0.39 is 16.1 Å². The molecular formula is C15H14ClFN2O3S2. The van der Waals surface area contributed by atoms with Crippen molar-refractivity contribution in [2.75, 3.05) is 11.4 Å². The van der Waals surface area contributed by atoms with Gasteiger partial charge in [-0.15, -0.1) is 11.3 Å². The van der Waals surface area contributed by atoms with Crippen LogP contribution in [-0.4, -0.2) is 26.9 Å². The maximum Gasteiger partial charge on any atom is 0.250 e. The average Bonchev–Trinajstić information content (AvgIpc) is 3.10. The summed E-state index contributed by atoms with van der Waals surface area (Å²) in [5.74, 6) is -0.704. The Hall–Kier alpha value is -1.48. The normalized spacial score (nSPS) is 18.4. The van der Waals surface area contributed by atoms with E-state index in [1.165, 1.54) is 29.2 Å². The van der Waals surface area contributed by atoms with Gasteiger partial charge in [0.15, 0.2) is 0 Å². The summed E-state index contributed by atoms with van der Waals surface area (Å²) >= 11 is 6.69. The van der Waals surface area contributed by atoms with Crippen LogP contribution in [0.3, 0.4) is 0 Å². The zero-order valence-electron chi connectivity index (χ0n) is 12.6. The fourth-order valence-electron chi connectivity index (χ4n) is 2.53. The van der Waals surface area contributed by atoms with E-state index in [1.54, 1.807) is 13.0 Å². The average molecular weight is 389 g/mol. The van der Waals surface area contributed by atoms with E-state index in [9.17, 15) is 17.6 Å². The number of hydrogen-bond acceptors (Lipinski definition) is 4. The van der Waals surface area contributed by atoms with Crippen molar-refractivity contribution in [1.82, 2.24) is 4.72 Å². The number of thiophene rings is 1. The topological polar surface area (TPSA) is 66.5 Å². The van der Waals surface area contributed by atoms with Crippen LogP contribution in [0.1, 0.15) is 12.0 Å². The van der Waals surface area contributed by atoms with Crippen LogP contribution in [0.25, 0.3) is 0 Å². The first kappa shape index (κ1) is 17.3. The summed E-state index contributed by atoms with van der Waals surface area (Å²) in [6, 6.07) is 6.42. The van der Waals surface area contributed by atoms with Gasteiger partial charge in [0.2, 0.25) is 5.91 Å². The van der Waals surface area contributed by atoms with Gasteiger partial charge in [-0.25, -0.2) is 12.8 Å². The van der Waals surface area contributed by atoms with Crippen molar-refractivity contribution < 1.29 is 17.6 Å². The van der Waals surface area contributed by atoms with Crippen molar-refractivity contribution >= 4 is 44.6 Å². The van der Waals surface area contributed by atoms with Crippen molar-refractivity contribution in [2.24, 2.45) is 0 Å². The molecule has 24 heavy (non-hydrogen) atoms. The first-order valence-corrected chi connectivity index (χ1v) is 9.81. The monoisotopic (exact) mass is 388 g/mol. The first-order valence-electron chi connectivity index (χ1n) is 7.13. The van der Waals surface area contributed by atoms with Crippen LogP contribution in [0, 0.1) is 12.7 Å². The van der Waals surface area contributed by atoms with Gasteiger partial charge >= 0.3 is 0 Å². The van der Waals surface area contributed by atoms with Crippen molar-refractivity contribution in [3.05, 3.63) is 46.0 Å². The van der Waals surface area contributed by atoms with E-state index in [1.807, 2.05) is 0 Å². The number of nitrogens with one attached hydrogen (secondary N) is 1. The maximum atomic E-state index is 13.4. The highest BCUT2D eigenvalue weighted by atomic mass is 35.5. The minimum Gasteiger partial charge on any atom is -0.311 e. The zero-order chi connectivity index (χ0) is 17.5. The van der Waals surface area contributed by atoms with Gasteiger partial charge < -0.3 is 4.90 Å². The fraction of sp³-hybridized carbons (Fsp3) is 0.267. The molecule has 5 nitrogen and oxygen atoms in total. The molecule has 0 aliphatic carbocycles. The van der Waals surface area contributed by atoms with Crippen LogP contribution in [0.2, 0.25) is 4.34 Å². The fourth-order valence-corrected chi connectivity index (χ4v) is 5.25. The van der Waals surface area contributed by atoms with Crippen LogP contribution in [-0.2, 0) is 14.8 Å². The molecule has 2 heterocycles. The number of aryl methyl sites for hydroxylation is 1. The number of sulfonamides is 1. The molecule has 2 aromatic rings. The summed E-state index contributed by atoms with van der Waals surface area (Å²) < 4.78 is 40.8. The van der Waals surface area contributed by atoms with Crippen LogP contribution < -0.4 is 9.62 Å². The van der Waals surface area contributed by atoms with Gasteiger partial charge in [0.25, 0.3) is 10.0 Å². The largest absolute Gasteiger partial charge is 0.311 e. The second kappa shape index (κ2) is 6.44. The molecule has 0 radical (unpaired) electrons. The Labute approximate surface area is 148 Å². The van der Waals surface area contributed by atoms with Crippen molar-refractivity contribution in [2.45, 2.75) is 23.6 Å². The minimum absolute atomic E-state index is 0.0661. The molecular weight excluding hydrogens is 375 g/mol. The number of hydrogen-bond donors (Lipinski definition) is 1. The summed E-state index contributed by atoms with van der Waals surface area (Å²) in [5.41, 5.74) is 0.984. The lowest BCUT2D eigenvalue weighted by Crippen LogP contribution is -2.41. The predicted molar refractivity (Wildman–Crippen MR) is 91.5 cm³/mol. The van der Waals surface area contributed by atoms with Gasteiger partial charge in [0.05, 0.1) is 4.34 Å². The molecule has 1 amide bonds. The summed E-state index contributed by atoms with van der Waals surface area (Å²) in [7, 11) is -3.80. The number of carbonyl (C=O) groups is 1. The molecule has 1 aliphatic rings. The lowest BCUT2D eigenvalue weighted by molar-refractivity contribution is -0.118. The predicted octanol–water partition coefficient (Wildman–Crippen LogP) is 2.93. The molecule has 128 valence electrons. The Balaban J connectivity index is 1.78.